The number of aromatic nitrogens is 1. The van der Waals surface area contributed by atoms with Crippen LogP contribution in [-0.4, -0.2) is 23.1 Å². The first-order valence-corrected chi connectivity index (χ1v) is 6.37. The quantitative estimate of drug-likeness (QED) is 0.909. The molecule has 0 saturated heterocycles. The Labute approximate surface area is 116 Å². The van der Waals surface area contributed by atoms with Gasteiger partial charge in [0.25, 0.3) is 5.91 Å². The molecule has 0 spiro atoms. The molecular formula is C15H14N2O3. The van der Waals surface area contributed by atoms with Gasteiger partial charge in [-0.2, -0.15) is 0 Å². The Balaban J connectivity index is 1.76. The van der Waals surface area contributed by atoms with Gasteiger partial charge in [-0.05, 0) is 31.2 Å². The van der Waals surface area contributed by atoms with Crippen molar-refractivity contribution in [1.29, 1.82) is 0 Å². The summed E-state index contributed by atoms with van der Waals surface area (Å²) < 4.78 is 11.4. The Bertz CT molecular complexity index is 616. The summed E-state index contributed by atoms with van der Waals surface area (Å²) in [6.07, 6.45) is 2.18. The number of para-hydroxylation sites is 2. The van der Waals surface area contributed by atoms with Crippen molar-refractivity contribution in [3.8, 4) is 11.5 Å². The summed E-state index contributed by atoms with van der Waals surface area (Å²) in [5.74, 6) is 0.988. The van der Waals surface area contributed by atoms with Crippen LogP contribution in [0.1, 0.15) is 6.92 Å². The average Bonchev–Trinajstić information content (AvgIpc) is 2.47. The summed E-state index contributed by atoms with van der Waals surface area (Å²) in [5, 5.41) is 2.77. The van der Waals surface area contributed by atoms with Crippen LogP contribution in [0, 0.1) is 0 Å². The second-order valence-corrected chi connectivity index (χ2v) is 4.54. The first-order valence-electron chi connectivity index (χ1n) is 6.37. The van der Waals surface area contributed by atoms with Gasteiger partial charge in [0.1, 0.15) is 6.10 Å². The van der Waals surface area contributed by atoms with Crippen LogP contribution >= 0.6 is 0 Å². The number of pyridine rings is 1. The van der Waals surface area contributed by atoms with E-state index in [1.165, 1.54) is 0 Å². The van der Waals surface area contributed by atoms with Crippen molar-refractivity contribution < 1.29 is 14.3 Å². The molecule has 2 atom stereocenters. The van der Waals surface area contributed by atoms with E-state index in [9.17, 15) is 4.79 Å². The van der Waals surface area contributed by atoms with Crippen LogP contribution < -0.4 is 14.8 Å². The minimum atomic E-state index is -0.690. The Kier molecular flexibility index (Phi) is 3.25. The fourth-order valence-corrected chi connectivity index (χ4v) is 2.06. The summed E-state index contributed by atoms with van der Waals surface area (Å²) in [6.45, 7) is 1.81. The van der Waals surface area contributed by atoms with Crippen LogP contribution in [0.15, 0.2) is 48.8 Å². The van der Waals surface area contributed by atoms with Crippen molar-refractivity contribution >= 4 is 11.6 Å². The van der Waals surface area contributed by atoms with Gasteiger partial charge >= 0.3 is 0 Å². The van der Waals surface area contributed by atoms with Crippen molar-refractivity contribution in [1.82, 2.24) is 4.98 Å². The van der Waals surface area contributed by atoms with Crippen molar-refractivity contribution in [3.63, 3.8) is 0 Å². The van der Waals surface area contributed by atoms with Crippen LogP contribution in [0.25, 0.3) is 0 Å². The maximum atomic E-state index is 12.2. The topological polar surface area (TPSA) is 60.5 Å². The molecule has 0 fully saturated rings. The van der Waals surface area contributed by atoms with E-state index < -0.39 is 6.10 Å². The van der Waals surface area contributed by atoms with Gasteiger partial charge in [-0.3, -0.25) is 9.78 Å². The van der Waals surface area contributed by atoms with Gasteiger partial charge in [-0.15, -0.1) is 0 Å². The minimum absolute atomic E-state index is 0.250. The summed E-state index contributed by atoms with van der Waals surface area (Å²) in [6, 6.07) is 10.8. The fourth-order valence-electron chi connectivity index (χ4n) is 2.06. The molecule has 1 aromatic heterocycles. The molecule has 1 N–H and O–H groups in total. The SMILES string of the molecule is C[C@H]1Oc2ccccc2O[C@@H]1C(=O)Nc1cccnc1. The molecule has 0 unspecified atom stereocenters. The maximum Gasteiger partial charge on any atom is 0.269 e. The van der Waals surface area contributed by atoms with Crippen molar-refractivity contribution in [2.24, 2.45) is 0 Å². The number of ether oxygens (including phenoxy) is 2. The summed E-state index contributed by atoms with van der Waals surface area (Å²) in [5.41, 5.74) is 0.632. The molecule has 1 aliphatic rings. The van der Waals surface area contributed by atoms with E-state index in [1.807, 2.05) is 25.1 Å². The van der Waals surface area contributed by atoms with E-state index >= 15 is 0 Å². The van der Waals surface area contributed by atoms with Gasteiger partial charge < -0.3 is 14.8 Å². The zero-order chi connectivity index (χ0) is 13.9. The second kappa shape index (κ2) is 5.21. The highest BCUT2D eigenvalue weighted by molar-refractivity contribution is 5.94. The van der Waals surface area contributed by atoms with Crippen molar-refractivity contribution in [2.75, 3.05) is 5.32 Å². The van der Waals surface area contributed by atoms with E-state index in [4.69, 9.17) is 9.47 Å². The van der Waals surface area contributed by atoms with Crippen molar-refractivity contribution in [2.45, 2.75) is 19.1 Å². The van der Waals surface area contributed by atoms with Gasteiger partial charge in [0.2, 0.25) is 6.10 Å². The van der Waals surface area contributed by atoms with Crippen LogP contribution in [0.5, 0.6) is 11.5 Å². The largest absolute Gasteiger partial charge is 0.482 e. The third-order valence-corrected chi connectivity index (χ3v) is 3.03. The average molecular weight is 270 g/mol. The highest BCUT2D eigenvalue weighted by Crippen LogP contribution is 2.33. The molecule has 0 radical (unpaired) electrons. The third kappa shape index (κ3) is 2.42. The Morgan fingerprint density at radius 3 is 2.60 bits per heavy atom. The number of amides is 1. The van der Waals surface area contributed by atoms with E-state index in [0.717, 1.165) is 0 Å². The van der Waals surface area contributed by atoms with Crippen LogP contribution in [-0.2, 0) is 4.79 Å². The molecule has 3 rings (SSSR count). The second-order valence-electron chi connectivity index (χ2n) is 4.54. The fraction of sp³-hybridized carbons (Fsp3) is 0.200. The number of benzene rings is 1. The van der Waals surface area contributed by atoms with Gasteiger partial charge in [0.05, 0.1) is 11.9 Å². The number of rotatable bonds is 2. The van der Waals surface area contributed by atoms with Gasteiger partial charge in [0.15, 0.2) is 11.5 Å². The molecule has 5 nitrogen and oxygen atoms in total. The Morgan fingerprint density at radius 1 is 1.15 bits per heavy atom. The van der Waals surface area contributed by atoms with Crippen LogP contribution in [0.2, 0.25) is 0 Å². The predicted molar refractivity (Wildman–Crippen MR) is 73.8 cm³/mol. The summed E-state index contributed by atoms with van der Waals surface area (Å²) in [7, 11) is 0. The lowest BCUT2D eigenvalue weighted by molar-refractivity contribution is -0.128. The lowest BCUT2D eigenvalue weighted by Crippen LogP contribution is -2.46. The normalized spacial score (nSPS) is 20.2. The highest BCUT2D eigenvalue weighted by atomic mass is 16.6. The molecule has 1 amide bonds. The Morgan fingerprint density at radius 2 is 1.90 bits per heavy atom. The molecule has 1 aliphatic heterocycles. The van der Waals surface area contributed by atoms with Crippen LogP contribution in [0.3, 0.4) is 0 Å². The van der Waals surface area contributed by atoms with Gasteiger partial charge in [-0.25, -0.2) is 0 Å². The number of nitrogens with zero attached hydrogens (tertiary/aromatic N) is 1. The number of carbonyl (C=O) groups excluding carboxylic acids is 1. The first kappa shape index (κ1) is 12.5. The Hall–Kier alpha value is -2.56. The number of hydrogen-bond donors (Lipinski definition) is 1. The molecule has 0 bridgehead atoms. The van der Waals surface area contributed by atoms with E-state index in [2.05, 4.69) is 10.3 Å². The van der Waals surface area contributed by atoms with E-state index in [0.29, 0.717) is 17.2 Å². The van der Waals surface area contributed by atoms with E-state index in [1.54, 1.807) is 30.6 Å². The highest BCUT2D eigenvalue weighted by Gasteiger charge is 2.34. The molecular weight excluding hydrogens is 256 g/mol. The lowest BCUT2D eigenvalue weighted by Gasteiger charge is -2.30. The number of carbonyl (C=O) groups is 1. The minimum Gasteiger partial charge on any atom is -0.482 e. The molecule has 5 heteroatoms. The smallest absolute Gasteiger partial charge is 0.269 e. The zero-order valence-corrected chi connectivity index (χ0v) is 10.9. The number of fused-ring (bicyclic) bond motifs is 1. The monoisotopic (exact) mass is 270 g/mol. The van der Waals surface area contributed by atoms with Gasteiger partial charge in [-0.1, -0.05) is 12.1 Å². The zero-order valence-electron chi connectivity index (χ0n) is 10.9. The van der Waals surface area contributed by atoms with Crippen molar-refractivity contribution in [3.05, 3.63) is 48.8 Å². The first-order chi connectivity index (χ1) is 9.74. The number of nitrogens with one attached hydrogen (secondary N) is 1. The predicted octanol–water partition coefficient (Wildman–Crippen LogP) is 2.25. The maximum absolute atomic E-state index is 12.2. The third-order valence-electron chi connectivity index (χ3n) is 3.03. The molecule has 0 saturated carbocycles. The molecule has 2 aromatic rings. The molecule has 20 heavy (non-hydrogen) atoms. The molecule has 102 valence electrons. The molecule has 2 heterocycles. The number of anilines is 1. The van der Waals surface area contributed by atoms with Gasteiger partial charge in [0, 0.05) is 6.20 Å². The molecule has 1 aromatic carbocycles. The number of hydrogen-bond acceptors (Lipinski definition) is 4. The van der Waals surface area contributed by atoms with Crippen LogP contribution in [0.4, 0.5) is 5.69 Å². The molecule has 0 aliphatic carbocycles. The summed E-state index contributed by atoms with van der Waals surface area (Å²) in [4.78, 5) is 16.2. The lowest BCUT2D eigenvalue weighted by atomic mass is 10.1. The van der Waals surface area contributed by atoms with E-state index in [-0.39, 0.29) is 12.0 Å². The summed E-state index contributed by atoms with van der Waals surface area (Å²) >= 11 is 0. The standard InChI is InChI=1S/C15H14N2O3/c1-10-14(15(18)17-11-5-4-8-16-9-11)20-13-7-3-2-6-12(13)19-10/h2-10,14H,1H3,(H,17,18)/t10-,14+/m1/s1.